The van der Waals surface area contributed by atoms with Gasteiger partial charge >= 0.3 is 6.09 Å². The predicted molar refractivity (Wildman–Crippen MR) is 135 cm³/mol. The number of ketones is 2. The zero-order valence-electron chi connectivity index (χ0n) is 21.3. The minimum atomic E-state index is -1.50. The van der Waals surface area contributed by atoms with Crippen LogP contribution in [0, 0.1) is 0 Å². The Morgan fingerprint density at radius 3 is 1.57 bits per heavy atom. The third-order valence-electron chi connectivity index (χ3n) is 5.59. The Bertz CT molecular complexity index is 928. The van der Waals surface area contributed by atoms with E-state index in [1.165, 1.54) is 27.7 Å². The third kappa shape index (κ3) is 8.30. The van der Waals surface area contributed by atoms with E-state index in [1.807, 2.05) is 0 Å². The molecule has 0 fully saturated rings. The monoisotopic (exact) mass is 483 g/mol. The lowest BCUT2D eigenvalue weighted by atomic mass is 9.92. The van der Waals surface area contributed by atoms with Gasteiger partial charge in [-0.15, -0.1) is 0 Å². The molecular formula is C28H37NO6. The van der Waals surface area contributed by atoms with Gasteiger partial charge in [-0.1, -0.05) is 74.7 Å². The first-order chi connectivity index (χ1) is 16.3. The fraction of sp³-hybridized carbons (Fsp3) is 0.464. The number of nitrogens with one attached hydrogen (secondary N) is 1. The maximum atomic E-state index is 12.5. The van der Waals surface area contributed by atoms with Crippen molar-refractivity contribution in [2.24, 2.45) is 0 Å². The lowest BCUT2D eigenvalue weighted by Gasteiger charge is -2.21. The Morgan fingerprint density at radius 2 is 1.20 bits per heavy atom. The highest BCUT2D eigenvalue weighted by molar-refractivity contribution is 6.02. The summed E-state index contributed by atoms with van der Waals surface area (Å²) in [6, 6.07) is 13.0. The van der Waals surface area contributed by atoms with Gasteiger partial charge in [0.1, 0.15) is 11.2 Å². The molecule has 3 N–H and O–H groups in total. The number of alkyl carbamates (subject to hydrolysis) is 1. The van der Waals surface area contributed by atoms with E-state index in [0.717, 1.165) is 25.7 Å². The average molecular weight is 484 g/mol. The van der Waals surface area contributed by atoms with Gasteiger partial charge in [0.2, 0.25) is 0 Å². The number of rotatable bonds is 12. The van der Waals surface area contributed by atoms with Crippen LogP contribution >= 0.6 is 0 Å². The number of carbonyl (C=O) groups is 3. The van der Waals surface area contributed by atoms with Gasteiger partial charge in [-0.3, -0.25) is 9.59 Å². The molecule has 0 aromatic heterocycles. The second kappa shape index (κ2) is 12.1. The topological polar surface area (TPSA) is 113 Å². The molecule has 0 heterocycles. The molecule has 190 valence electrons. The summed E-state index contributed by atoms with van der Waals surface area (Å²) in [7, 11) is 0. The minimum Gasteiger partial charge on any atom is -0.436 e. The Balaban J connectivity index is 2.28. The molecule has 0 atom stereocenters. The van der Waals surface area contributed by atoms with Crippen LogP contribution in [0.15, 0.2) is 48.5 Å². The number of carbonyl (C=O) groups excluding carboxylic acids is 3. The van der Waals surface area contributed by atoms with Crippen LogP contribution in [0.3, 0.4) is 0 Å². The van der Waals surface area contributed by atoms with E-state index in [2.05, 4.69) is 12.2 Å². The Kier molecular flexibility index (Phi) is 9.74. The second-order valence-electron chi connectivity index (χ2n) is 9.79. The van der Waals surface area contributed by atoms with E-state index >= 15 is 0 Å². The average Bonchev–Trinajstić information content (AvgIpc) is 2.80. The summed E-state index contributed by atoms with van der Waals surface area (Å²) in [5, 5.41) is 22.8. The summed E-state index contributed by atoms with van der Waals surface area (Å²) >= 11 is 0. The quantitative estimate of drug-likeness (QED) is 0.290. The Hall–Kier alpha value is -3.03. The van der Waals surface area contributed by atoms with Crippen LogP contribution in [-0.2, 0) is 4.74 Å². The smallest absolute Gasteiger partial charge is 0.408 e. The van der Waals surface area contributed by atoms with Gasteiger partial charge in [-0.25, -0.2) is 4.79 Å². The molecule has 35 heavy (non-hydrogen) atoms. The number of amides is 1. The highest BCUT2D eigenvalue weighted by Gasteiger charge is 2.27. The van der Waals surface area contributed by atoms with Crippen molar-refractivity contribution in [2.75, 3.05) is 6.54 Å². The normalized spacial score (nSPS) is 11.9. The maximum Gasteiger partial charge on any atom is 0.408 e. The maximum absolute atomic E-state index is 12.5. The molecule has 0 aliphatic carbocycles. The second-order valence-corrected chi connectivity index (χ2v) is 9.79. The number of hydrogen-bond acceptors (Lipinski definition) is 6. The summed E-state index contributed by atoms with van der Waals surface area (Å²) in [5.74, 6) is -0.832. The lowest BCUT2D eigenvalue weighted by Crippen LogP contribution is -2.31. The SMILES string of the molecule is CCCCCCNC(=O)OC(c1ccc(C(=O)C(C)(C)O)cc1)c1ccc(C(=O)C(C)(C)O)cc1. The molecule has 2 rings (SSSR count). The molecule has 0 radical (unpaired) electrons. The van der Waals surface area contributed by atoms with Crippen molar-refractivity contribution >= 4 is 17.7 Å². The molecule has 0 bridgehead atoms. The molecule has 0 aliphatic heterocycles. The van der Waals surface area contributed by atoms with Gasteiger partial charge in [0, 0.05) is 17.7 Å². The van der Waals surface area contributed by atoms with E-state index in [0.29, 0.717) is 28.8 Å². The first-order valence-electron chi connectivity index (χ1n) is 12.0. The van der Waals surface area contributed by atoms with Gasteiger partial charge in [0.05, 0.1) is 0 Å². The molecule has 1 amide bonds. The summed E-state index contributed by atoms with van der Waals surface area (Å²) < 4.78 is 5.75. The number of Topliss-reactive ketones (excluding diaryl/α,β-unsaturated/α-hetero) is 2. The van der Waals surface area contributed by atoms with Crippen molar-refractivity contribution in [2.45, 2.75) is 77.6 Å². The highest BCUT2D eigenvalue weighted by Crippen LogP contribution is 2.28. The largest absolute Gasteiger partial charge is 0.436 e. The van der Waals surface area contributed by atoms with Crippen LogP contribution < -0.4 is 5.32 Å². The summed E-state index contributed by atoms with van der Waals surface area (Å²) in [6.07, 6.45) is 2.72. The number of hydrogen-bond donors (Lipinski definition) is 3. The van der Waals surface area contributed by atoms with E-state index in [-0.39, 0.29) is 0 Å². The zero-order chi connectivity index (χ0) is 26.2. The number of benzene rings is 2. The van der Waals surface area contributed by atoms with Gasteiger partial charge in [0.15, 0.2) is 17.7 Å². The molecule has 2 aromatic rings. The predicted octanol–water partition coefficient (Wildman–Crippen LogP) is 4.99. The molecule has 2 aromatic carbocycles. The first kappa shape index (κ1) is 28.2. The van der Waals surface area contributed by atoms with Crippen LogP contribution in [0.4, 0.5) is 4.79 Å². The lowest BCUT2D eigenvalue weighted by molar-refractivity contribution is 0.0487. The van der Waals surface area contributed by atoms with Crippen LogP contribution in [-0.4, -0.2) is 45.6 Å². The molecule has 0 spiro atoms. The van der Waals surface area contributed by atoms with Crippen molar-refractivity contribution in [1.82, 2.24) is 5.32 Å². The van der Waals surface area contributed by atoms with Crippen molar-refractivity contribution in [3.05, 3.63) is 70.8 Å². The zero-order valence-corrected chi connectivity index (χ0v) is 21.3. The Labute approximate surface area is 207 Å². The molecule has 0 unspecified atom stereocenters. The van der Waals surface area contributed by atoms with Gasteiger partial charge in [-0.2, -0.15) is 0 Å². The molecular weight excluding hydrogens is 446 g/mol. The molecule has 0 aliphatic rings. The van der Waals surface area contributed by atoms with Crippen LogP contribution in [0.5, 0.6) is 0 Å². The fourth-order valence-corrected chi connectivity index (χ4v) is 3.54. The standard InChI is InChI=1S/C28H37NO6/c1-6-7-8-9-18-29-26(32)35-23(19-10-14-21(15-11-19)24(30)27(2,3)33)20-12-16-22(17-13-20)25(31)28(4,5)34/h10-17,23,33-34H,6-9,18H2,1-5H3,(H,29,32). The van der Waals surface area contributed by atoms with Crippen molar-refractivity contribution in [1.29, 1.82) is 0 Å². The summed E-state index contributed by atoms with van der Waals surface area (Å²) in [5.41, 5.74) is -1.08. The summed E-state index contributed by atoms with van der Waals surface area (Å²) in [6.45, 7) is 8.33. The fourth-order valence-electron chi connectivity index (χ4n) is 3.54. The number of ether oxygens (including phenoxy) is 1. The van der Waals surface area contributed by atoms with Gasteiger partial charge in [-0.05, 0) is 45.2 Å². The Morgan fingerprint density at radius 1 is 0.771 bits per heavy atom. The number of unbranched alkanes of at least 4 members (excludes halogenated alkanes) is 3. The van der Waals surface area contributed by atoms with E-state index < -0.39 is 35.0 Å². The van der Waals surface area contributed by atoms with Crippen LogP contribution in [0.2, 0.25) is 0 Å². The van der Waals surface area contributed by atoms with E-state index in [9.17, 15) is 24.6 Å². The molecule has 0 saturated carbocycles. The number of aliphatic hydroxyl groups is 2. The minimum absolute atomic E-state index is 0.339. The summed E-state index contributed by atoms with van der Waals surface area (Å²) in [4.78, 5) is 37.3. The highest BCUT2D eigenvalue weighted by atomic mass is 16.6. The van der Waals surface area contributed by atoms with Crippen LogP contribution in [0.25, 0.3) is 0 Å². The van der Waals surface area contributed by atoms with Crippen LogP contribution in [0.1, 0.15) is 98.2 Å². The molecule has 7 nitrogen and oxygen atoms in total. The first-order valence-corrected chi connectivity index (χ1v) is 12.0. The van der Waals surface area contributed by atoms with E-state index in [1.54, 1.807) is 48.5 Å². The van der Waals surface area contributed by atoms with E-state index in [4.69, 9.17) is 4.74 Å². The third-order valence-corrected chi connectivity index (χ3v) is 5.59. The molecule has 7 heteroatoms. The molecule has 0 saturated heterocycles. The van der Waals surface area contributed by atoms with Crippen molar-refractivity contribution < 1.29 is 29.3 Å². The van der Waals surface area contributed by atoms with Gasteiger partial charge in [0.25, 0.3) is 0 Å². The van der Waals surface area contributed by atoms with Crippen molar-refractivity contribution in [3.63, 3.8) is 0 Å². The van der Waals surface area contributed by atoms with Gasteiger partial charge < -0.3 is 20.3 Å². The van der Waals surface area contributed by atoms with Crippen molar-refractivity contribution in [3.8, 4) is 0 Å².